The summed E-state index contributed by atoms with van der Waals surface area (Å²) in [5.74, 6) is -0.348. The van der Waals surface area contributed by atoms with Crippen LogP contribution in [0.4, 0.5) is 5.69 Å². The number of carbonyl (C=O) groups excluding carboxylic acids is 1. The van der Waals surface area contributed by atoms with Crippen LogP contribution in [0.1, 0.15) is 43.5 Å². The number of pyridine rings is 1. The van der Waals surface area contributed by atoms with Crippen LogP contribution in [0.25, 0.3) is 11.0 Å². The Hall–Kier alpha value is -2.15. The van der Waals surface area contributed by atoms with Gasteiger partial charge < -0.3 is 10.1 Å². The molecule has 1 atom stereocenters. The van der Waals surface area contributed by atoms with Crippen molar-refractivity contribution in [3.05, 3.63) is 18.0 Å². The van der Waals surface area contributed by atoms with Gasteiger partial charge in [-0.3, -0.25) is 9.58 Å². The summed E-state index contributed by atoms with van der Waals surface area (Å²) in [5, 5.41) is 8.64. The lowest BCUT2D eigenvalue weighted by molar-refractivity contribution is 0.0527. The number of esters is 1. The summed E-state index contributed by atoms with van der Waals surface area (Å²) in [6.07, 6.45) is 7.04. The zero-order valence-electron chi connectivity index (χ0n) is 15.3. The van der Waals surface area contributed by atoms with Gasteiger partial charge in [0.25, 0.3) is 0 Å². The standard InChI is InChI=1S/C18H27N5O2/c1-4-23-9-7-6-8-13(23)10-19-16-14-12-21-22(3)17(14)20-11-15(16)18(24)25-5-2/h11-13H,4-10H2,1-3H3,(H,19,20)/t13-/m1/s1. The summed E-state index contributed by atoms with van der Waals surface area (Å²) in [5.41, 5.74) is 2.01. The number of likely N-dealkylation sites (tertiary alicyclic amines) is 1. The van der Waals surface area contributed by atoms with Crippen LogP contribution in [0.15, 0.2) is 12.4 Å². The van der Waals surface area contributed by atoms with Gasteiger partial charge in [-0.05, 0) is 32.9 Å². The van der Waals surface area contributed by atoms with Crippen molar-refractivity contribution >= 4 is 22.7 Å². The Balaban J connectivity index is 1.89. The molecule has 7 nitrogen and oxygen atoms in total. The molecule has 1 aliphatic rings. The first-order chi connectivity index (χ1) is 12.2. The first kappa shape index (κ1) is 17.7. The molecule has 0 unspecified atom stereocenters. The Bertz CT molecular complexity index is 742. The van der Waals surface area contributed by atoms with E-state index in [1.54, 1.807) is 17.1 Å². The number of aromatic nitrogens is 3. The molecule has 1 aliphatic heterocycles. The number of anilines is 1. The van der Waals surface area contributed by atoms with Crippen LogP contribution in [0.3, 0.4) is 0 Å². The molecule has 0 radical (unpaired) electrons. The number of likely N-dealkylation sites (N-methyl/N-ethyl adjacent to an activating group) is 1. The van der Waals surface area contributed by atoms with E-state index in [-0.39, 0.29) is 5.97 Å². The topological polar surface area (TPSA) is 72.3 Å². The molecular formula is C18H27N5O2. The number of ether oxygens (including phenoxy) is 1. The molecule has 0 aliphatic carbocycles. The number of piperidine rings is 1. The van der Waals surface area contributed by atoms with Crippen molar-refractivity contribution in [1.82, 2.24) is 19.7 Å². The molecule has 1 N–H and O–H groups in total. The van der Waals surface area contributed by atoms with E-state index in [2.05, 4.69) is 27.2 Å². The molecule has 136 valence electrons. The van der Waals surface area contributed by atoms with E-state index in [9.17, 15) is 4.79 Å². The van der Waals surface area contributed by atoms with E-state index >= 15 is 0 Å². The molecule has 0 amide bonds. The average molecular weight is 345 g/mol. The van der Waals surface area contributed by atoms with Crippen LogP contribution in [-0.2, 0) is 11.8 Å². The summed E-state index contributed by atoms with van der Waals surface area (Å²) in [6.45, 7) is 7.35. The van der Waals surface area contributed by atoms with E-state index in [1.165, 1.54) is 19.3 Å². The van der Waals surface area contributed by atoms with E-state index in [0.717, 1.165) is 36.4 Å². The summed E-state index contributed by atoms with van der Waals surface area (Å²) < 4.78 is 6.92. The lowest BCUT2D eigenvalue weighted by Crippen LogP contribution is -2.43. The molecule has 3 heterocycles. The molecule has 2 aromatic rings. The monoisotopic (exact) mass is 345 g/mol. The molecule has 0 aromatic carbocycles. The molecule has 1 fully saturated rings. The van der Waals surface area contributed by atoms with Gasteiger partial charge in [-0.2, -0.15) is 5.10 Å². The van der Waals surface area contributed by atoms with Crippen molar-refractivity contribution in [3.63, 3.8) is 0 Å². The number of rotatable bonds is 6. The van der Waals surface area contributed by atoms with Crippen LogP contribution in [0.2, 0.25) is 0 Å². The Morgan fingerprint density at radius 2 is 2.20 bits per heavy atom. The first-order valence-corrected chi connectivity index (χ1v) is 9.11. The predicted octanol–water partition coefficient (Wildman–Crippen LogP) is 2.43. The number of carbonyl (C=O) groups is 1. The maximum atomic E-state index is 12.3. The Morgan fingerprint density at radius 3 is 2.96 bits per heavy atom. The SMILES string of the molecule is CCOC(=O)c1cnc2c(cnn2C)c1NC[C@H]1CCCCN1CC. The number of nitrogens with one attached hydrogen (secondary N) is 1. The van der Waals surface area contributed by atoms with Crippen molar-refractivity contribution < 1.29 is 9.53 Å². The Kier molecular flexibility index (Phi) is 5.53. The van der Waals surface area contributed by atoms with Gasteiger partial charge in [0.2, 0.25) is 0 Å². The molecule has 0 saturated carbocycles. The number of fused-ring (bicyclic) bond motifs is 1. The van der Waals surface area contributed by atoms with Crippen molar-refractivity contribution in [2.24, 2.45) is 7.05 Å². The highest BCUT2D eigenvalue weighted by atomic mass is 16.5. The third-order valence-electron chi connectivity index (χ3n) is 4.93. The highest BCUT2D eigenvalue weighted by molar-refractivity contribution is 6.04. The fourth-order valence-corrected chi connectivity index (χ4v) is 3.58. The zero-order chi connectivity index (χ0) is 17.8. The summed E-state index contributed by atoms with van der Waals surface area (Å²) in [4.78, 5) is 19.2. The Labute approximate surface area is 148 Å². The molecule has 1 saturated heterocycles. The second-order valence-corrected chi connectivity index (χ2v) is 6.43. The van der Waals surface area contributed by atoms with Gasteiger partial charge in [0.15, 0.2) is 5.65 Å². The van der Waals surface area contributed by atoms with Crippen molar-refractivity contribution in [2.75, 3.05) is 31.6 Å². The second-order valence-electron chi connectivity index (χ2n) is 6.43. The van der Waals surface area contributed by atoms with Gasteiger partial charge in [-0.15, -0.1) is 0 Å². The van der Waals surface area contributed by atoms with Crippen molar-refractivity contribution in [3.8, 4) is 0 Å². The molecule has 0 spiro atoms. The summed E-state index contributed by atoms with van der Waals surface area (Å²) >= 11 is 0. The third kappa shape index (κ3) is 3.61. The maximum absolute atomic E-state index is 12.3. The number of aryl methyl sites for hydroxylation is 1. The summed E-state index contributed by atoms with van der Waals surface area (Å²) in [7, 11) is 1.85. The van der Waals surface area contributed by atoms with E-state index in [1.807, 2.05) is 14.0 Å². The number of hydrogen-bond donors (Lipinski definition) is 1. The van der Waals surface area contributed by atoms with Crippen molar-refractivity contribution in [1.29, 1.82) is 0 Å². The fraction of sp³-hybridized carbons (Fsp3) is 0.611. The van der Waals surface area contributed by atoms with E-state index in [4.69, 9.17) is 4.74 Å². The smallest absolute Gasteiger partial charge is 0.341 e. The fourth-order valence-electron chi connectivity index (χ4n) is 3.58. The lowest BCUT2D eigenvalue weighted by Gasteiger charge is -2.35. The third-order valence-corrected chi connectivity index (χ3v) is 4.93. The summed E-state index contributed by atoms with van der Waals surface area (Å²) in [6, 6.07) is 0.480. The van der Waals surface area contributed by atoms with Crippen LogP contribution < -0.4 is 5.32 Å². The van der Waals surface area contributed by atoms with Crippen molar-refractivity contribution in [2.45, 2.75) is 39.2 Å². The van der Waals surface area contributed by atoms with Gasteiger partial charge in [-0.1, -0.05) is 13.3 Å². The lowest BCUT2D eigenvalue weighted by atomic mass is 10.0. The predicted molar refractivity (Wildman–Crippen MR) is 97.8 cm³/mol. The molecule has 25 heavy (non-hydrogen) atoms. The average Bonchev–Trinajstić information content (AvgIpc) is 3.01. The second kappa shape index (κ2) is 7.82. The zero-order valence-corrected chi connectivity index (χ0v) is 15.3. The van der Waals surface area contributed by atoms with Gasteiger partial charge >= 0.3 is 5.97 Å². The highest BCUT2D eigenvalue weighted by Gasteiger charge is 2.23. The molecule has 3 rings (SSSR count). The minimum atomic E-state index is -0.348. The largest absolute Gasteiger partial charge is 0.462 e. The molecule has 0 bridgehead atoms. The number of nitrogens with zero attached hydrogens (tertiary/aromatic N) is 4. The van der Waals surface area contributed by atoms with Gasteiger partial charge in [0, 0.05) is 25.8 Å². The van der Waals surface area contributed by atoms with E-state index < -0.39 is 0 Å². The minimum Gasteiger partial charge on any atom is -0.462 e. The van der Waals surface area contributed by atoms with E-state index in [0.29, 0.717) is 18.2 Å². The van der Waals surface area contributed by atoms with Crippen LogP contribution in [0, 0.1) is 0 Å². The van der Waals surface area contributed by atoms with Crippen LogP contribution >= 0.6 is 0 Å². The number of hydrogen-bond acceptors (Lipinski definition) is 6. The molecular weight excluding hydrogens is 318 g/mol. The molecule has 2 aromatic heterocycles. The first-order valence-electron chi connectivity index (χ1n) is 9.11. The maximum Gasteiger partial charge on any atom is 0.341 e. The van der Waals surface area contributed by atoms with Gasteiger partial charge in [-0.25, -0.2) is 9.78 Å². The van der Waals surface area contributed by atoms with Gasteiger partial charge in [0.1, 0.15) is 5.56 Å². The highest BCUT2D eigenvalue weighted by Crippen LogP contribution is 2.27. The van der Waals surface area contributed by atoms with Crippen LogP contribution in [-0.4, -0.2) is 57.9 Å². The Morgan fingerprint density at radius 1 is 1.36 bits per heavy atom. The minimum absolute atomic E-state index is 0.343. The quantitative estimate of drug-likeness (QED) is 0.811. The van der Waals surface area contributed by atoms with Crippen LogP contribution in [0.5, 0.6) is 0 Å². The van der Waals surface area contributed by atoms with Gasteiger partial charge in [0.05, 0.1) is 23.9 Å². The normalized spacial score (nSPS) is 18.4. The molecule has 7 heteroatoms.